The molecule has 0 N–H and O–H groups in total. The van der Waals surface area contributed by atoms with Crippen molar-refractivity contribution in [2.45, 2.75) is 40.4 Å². The molecule has 8 nitrogen and oxygen atoms in total. The summed E-state index contributed by atoms with van der Waals surface area (Å²) in [6.07, 6.45) is 1.68. The average molecular weight is 494 g/mol. The molecule has 0 spiro atoms. The number of aromatic nitrogens is 3. The van der Waals surface area contributed by atoms with E-state index in [2.05, 4.69) is 38.3 Å². The van der Waals surface area contributed by atoms with Crippen molar-refractivity contribution in [3.05, 3.63) is 64.6 Å². The monoisotopic (exact) mass is 493 g/mol. The molecule has 0 radical (unpaired) electrons. The van der Waals surface area contributed by atoms with Gasteiger partial charge >= 0.3 is 5.69 Å². The van der Waals surface area contributed by atoms with E-state index >= 15 is 0 Å². The van der Waals surface area contributed by atoms with Crippen LogP contribution >= 0.6 is 0 Å². The van der Waals surface area contributed by atoms with E-state index in [1.54, 1.807) is 21.3 Å². The number of imidazole rings is 1. The SMILES string of the molecule is C=CCn1c(=O)n(CC(C)(C)C)c2ccc(-c3cc(CN4CCS(=O)(=O)CC4)ccc3C#N)nc21. The lowest BCUT2D eigenvalue weighted by Crippen LogP contribution is -2.39. The molecule has 0 amide bonds. The number of benzene rings is 1. The Labute approximate surface area is 206 Å². The topological polar surface area (TPSA) is 101 Å². The molecule has 1 aromatic carbocycles. The van der Waals surface area contributed by atoms with Gasteiger partial charge in [-0.3, -0.25) is 14.0 Å². The van der Waals surface area contributed by atoms with Crippen LogP contribution in [0.5, 0.6) is 0 Å². The first-order valence-electron chi connectivity index (χ1n) is 11.7. The lowest BCUT2D eigenvalue weighted by molar-refractivity contribution is 0.287. The van der Waals surface area contributed by atoms with Crippen molar-refractivity contribution in [2.75, 3.05) is 24.6 Å². The van der Waals surface area contributed by atoms with Gasteiger partial charge in [-0.15, -0.1) is 6.58 Å². The molecule has 1 saturated heterocycles. The van der Waals surface area contributed by atoms with Crippen LogP contribution in [0.4, 0.5) is 0 Å². The highest BCUT2D eigenvalue weighted by molar-refractivity contribution is 7.91. The van der Waals surface area contributed by atoms with Crippen molar-refractivity contribution in [2.24, 2.45) is 5.41 Å². The Balaban J connectivity index is 1.76. The average Bonchev–Trinajstić information content (AvgIpc) is 3.05. The Hall–Kier alpha value is -3.22. The maximum Gasteiger partial charge on any atom is 0.330 e. The largest absolute Gasteiger partial charge is 0.330 e. The summed E-state index contributed by atoms with van der Waals surface area (Å²) in [6.45, 7) is 12.5. The Morgan fingerprint density at radius 1 is 1.14 bits per heavy atom. The molecule has 4 rings (SSSR count). The predicted octanol–water partition coefficient (Wildman–Crippen LogP) is 3.20. The van der Waals surface area contributed by atoms with Crippen LogP contribution < -0.4 is 5.69 Å². The van der Waals surface area contributed by atoms with E-state index < -0.39 is 9.84 Å². The third-order valence-corrected chi connectivity index (χ3v) is 7.74. The minimum absolute atomic E-state index is 0.0914. The van der Waals surface area contributed by atoms with Gasteiger partial charge in [-0.1, -0.05) is 32.9 Å². The fourth-order valence-corrected chi connectivity index (χ4v) is 5.70. The van der Waals surface area contributed by atoms with E-state index in [4.69, 9.17) is 4.98 Å². The smallest absolute Gasteiger partial charge is 0.297 e. The third kappa shape index (κ3) is 5.39. The molecule has 1 aliphatic heterocycles. The standard InChI is InChI=1S/C26H31N5O3S/c1-5-10-30-24-23(31(25(30)32)18-26(2,3)4)9-8-22(28-24)21-15-19(6-7-20(21)16-27)17-29-11-13-35(33,34)14-12-29/h5-9,15H,1,10-14,17-18H2,2-4H3. The minimum Gasteiger partial charge on any atom is -0.297 e. The fraction of sp³-hybridized carbons (Fsp3) is 0.423. The van der Waals surface area contributed by atoms with Gasteiger partial charge in [0.05, 0.1) is 34.3 Å². The van der Waals surface area contributed by atoms with Crippen molar-refractivity contribution in [1.82, 2.24) is 19.0 Å². The summed E-state index contributed by atoms with van der Waals surface area (Å²) in [5.41, 5.74) is 3.87. The molecule has 3 aromatic rings. The van der Waals surface area contributed by atoms with Gasteiger partial charge in [-0.05, 0) is 35.2 Å². The number of sulfone groups is 1. The summed E-state index contributed by atoms with van der Waals surface area (Å²) >= 11 is 0. The van der Waals surface area contributed by atoms with E-state index in [1.807, 2.05) is 24.3 Å². The molecule has 0 unspecified atom stereocenters. The number of pyridine rings is 1. The molecule has 3 heterocycles. The summed E-state index contributed by atoms with van der Waals surface area (Å²) in [6, 6.07) is 11.6. The van der Waals surface area contributed by atoms with Crippen LogP contribution in [0.25, 0.3) is 22.4 Å². The number of rotatable bonds is 6. The van der Waals surface area contributed by atoms with Gasteiger partial charge in [0, 0.05) is 38.3 Å². The quantitative estimate of drug-likeness (QED) is 0.489. The van der Waals surface area contributed by atoms with Gasteiger partial charge in [0.15, 0.2) is 15.5 Å². The minimum atomic E-state index is -2.94. The molecular formula is C26H31N5O3S. The molecule has 9 heteroatoms. The van der Waals surface area contributed by atoms with Gasteiger partial charge in [0.1, 0.15) is 0 Å². The maximum atomic E-state index is 13.2. The van der Waals surface area contributed by atoms with Crippen molar-refractivity contribution in [3.63, 3.8) is 0 Å². The Kier molecular flexibility index (Phi) is 6.71. The van der Waals surface area contributed by atoms with E-state index in [1.165, 1.54) is 0 Å². The zero-order valence-electron chi connectivity index (χ0n) is 20.5. The molecule has 0 aliphatic carbocycles. The van der Waals surface area contributed by atoms with Crippen LogP contribution in [-0.4, -0.2) is 52.0 Å². The summed E-state index contributed by atoms with van der Waals surface area (Å²) < 4.78 is 26.9. The molecule has 35 heavy (non-hydrogen) atoms. The first kappa shape index (κ1) is 24.9. The van der Waals surface area contributed by atoms with Gasteiger partial charge in [0.25, 0.3) is 0 Å². The number of fused-ring (bicyclic) bond motifs is 1. The molecule has 0 saturated carbocycles. The molecule has 0 bridgehead atoms. The molecule has 1 aliphatic rings. The molecule has 0 atom stereocenters. The first-order chi connectivity index (χ1) is 16.5. The number of hydrogen-bond acceptors (Lipinski definition) is 6. The number of hydrogen-bond donors (Lipinski definition) is 0. The number of allylic oxidation sites excluding steroid dienone is 1. The van der Waals surface area contributed by atoms with Crippen LogP contribution in [0.3, 0.4) is 0 Å². The van der Waals surface area contributed by atoms with Gasteiger partial charge in [0.2, 0.25) is 0 Å². The summed E-state index contributed by atoms with van der Waals surface area (Å²) in [7, 11) is -2.94. The van der Waals surface area contributed by atoms with Crippen LogP contribution in [-0.2, 0) is 29.5 Å². The number of nitrogens with zero attached hydrogens (tertiary/aromatic N) is 5. The molecular weight excluding hydrogens is 462 g/mol. The van der Waals surface area contributed by atoms with Gasteiger partial charge < -0.3 is 0 Å². The molecule has 1 fully saturated rings. The maximum absolute atomic E-state index is 13.2. The van der Waals surface area contributed by atoms with Crippen molar-refractivity contribution in [3.8, 4) is 17.3 Å². The van der Waals surface area contributed by atoms with E-state index in [-0.39, 0.29) is 22.6 Å². The van der Waals surface area contributed by atoms with Crippen LogP contribution in [0.1, 0.15) is 31.9 Å². The second kappa shape index (κ2) is 9.44. The zero-order valence-corrected chi connectivity index (χ0v) is 21.3. The fourth-order valence-electron chi connectivity index (χ4n) is 4.43. The highest BCUT2D eigenvalue weighted by atomic mass is 32.2. The summed E-state index contributed by atoms with van der Waals surface area (Å²) in [4.78, 5) is 20.1. The normalized spacial score (nSPS) is 16.3. The molecule has 2 aromatic heterocycles. The second-order valence-corrected chi connectivity index (χ2v) is 12.6. The number of nitriles is 1. The molecule has 184 valence electrons. The van der Waals surface area contributed by atoms with Gasteiger partial charge in [-0.25, -0.2) is 18.2 Å². The van der Waals surface area contributed by atoms with Crippen molar-refractivity contribution in [1.29, 1.82) is 5.26 Å². The predicted molar refractivity (Wildman–Crippen MR) is 138 cm³/mol. The van der Waals surface area contributed by atoms with E-state index in [9.17, 15) is 18.5 Å². The van der Waals surface area contributed by atoms with Crippen LogP contribution in [0.2, 0.25) is 0 Å². The summed E-state index contributed by atoms with van der Waals surface area (Å²) in [5.74, 6) is 0.335. The third-order valence-electron chi connectivity index (χ3n) is 6.13. The zero-order chi connectivity index (χ0) is 25.4. The van der Waals surface area contributed by atoms with E-state index in [0.717, 1.165) is 11.1 Å². The Bertz CT molecular complexity index is 1470. The van der Waals surface area contributed by atoms with Gasteiger partial charge in [-0.2, -0.15) is 5.26 Å². The van der Waals surface area contributed by atoms with Crippen LogP contribution in [0.15, 0.2) is 47.8 Å². The van der Waals surface area contributed by atoms with Crippen molar-refractivity contribution >= 4 is 21.0 Å². The van der Waals surface area contributed by atoms with Crippen molar-refractivity contribution < 1.29 is 8.42 Å². The highest BCUT2D eigenvalue weighted by Crippen LogP contribution is 2.27. The second-order valence-electron chi connectivity index (χ2n) is 10.3. The summed E-state index contributed by atoms with van der Waals surface area (Å²) in [5, 5.41) is 9.75. The lowest BCUT2D eigenvalue weighted by Gasteiger charge is -2.26. The van der Waals surface area contributed by atoms with E-state index in [0.29, 0.717) is 55.2 Å². The van der Waals surface area contributed by atoms with Crippen LogP contribution in [0, 0.1) is 16.7 Å². The lowest BCUT2D eigenvalue weighted by atomic mass is 9.97. The Morgan fingerprint density at radius 3 is 2.49 bits per heavy atom. The first-order valence-corrected chi connectivity index (χ1v) is 13.5. The Morgan fingerprint density at radius 2 is 1.86 bits per heavy atom. The highest BCUT2D eigenvalue weighted by Gasteiger charge is 2.23.